The second-order valence-corrected chi connectivity index (χ2v) is 9.79. The predicted octanol–water partition coefficient (Wildman–Crippen LogP) is 3.81. The van der Waals surface area contributed by atoms with Gasteiger partial charge < -0.3 is 29.2 Å². The standard InChI is InChI=1S/C27H32FN5O5/c1-3-12-36-26-29-11-10-20(31-26)22-21(17-6-8-18(28)9-7-17)32-23(33-22)24-37-15-27(2,16-38-24)25(34)30-14-19-5-4-13-35-19/h6-11,19,24H,3-5,12-16H2,1-2H3,(H,30,34)(H,32,33). The molecule has 1 unspecified atom stereocenters. The van der Waals surface area contributed by atoms with Crippen molar-refractivity contribution >= 4 is 5.91 Å². The Hall–Kier alpha value is -3.41. The van der Waals surface area contributed by atoms with Crippen molar-refractivity contribution in [1.82, 2.24) is 25.3 Å². The summed E-state index contributed by atoms with van der Waals surface area (Å²) in [6.45, 7) is 5.82. The van der Waals surface area contributed by atoms with Crippen molar-refractivity contribution in [1.29, 1.82) is 0 Å². The summed E-state index contributed by atoms with van der Waals surface area (Å²) >= 11 is 0. The molecule has 202 valence electrons. The Balaban J connectivity index is 1.35. The Morgan fingerprint density at radius 2 is 1.97 bits per heavy atom. The molecule has 0 aliphatic carbocycles. The van der Waals surface area contributed by atoms with E-state index in [0.29, 0.717) is 41.6 Å². The number of aromatic amines is 1. The first kappa shape index (κ1) is 26.2. The summed E-state index contributed by atoms with van der Waals surface area (Å²) in [5, 5.41) is 2.97. The summed E-state index contributed by atoms with van der Waals surface area (Å²) in [6.07, 6.45) is 3.63. The first-order valence-electron chi connectivity index (χ1n) is 12.9. The average molecular weight is 526 g/mol. The van der Waals surface area contributed by atoms with E-state index in [1.165, 1.54) is 12.1 Å². The maximum absolute atomic E-state index is 13.6. The molecule has 5 rings (SSSR count). The Morgan fingerprint density at radius 3 is 2.68 bits per heavy atom. The molecule has 38 heavy (non-hydrogen) atoms. The van der Waals surface area contributed by atoms with Gasteiger partial charge in [-0.3, -0.25) is 4.79 Å². The van der Waals surface area contributed by atoms with Crippen molar-refractivity contribution < 1.29 is 28.1 Å². The molecule has 0 spiro atoms. The fraction of sp³-hybridized carbons (Fsp3) is 0.481. The van der Waals surface area contributed by atoms with Crippen LogP contribution in [-0.4, -0.2) is 64.9 Å². The van der Waals surface area contributed by atoms with Crippen molar-refractivity contribution in [3.8, 4) is 28.7 Å². The van der Waals surface area contributed by atoms with E-state index in [0.717, 1.165) is 25.9 Å². The molecule has 2 fully saturated rings. The summed E-state index contributed by atoms with van der Waals surface area (Å²) in [5.74, 6) is -0.0747. The van der Waals surface area contributed by atoms with Gasteiger partial charge >= 0.3 is 6.01 Å². The largest absolute Gasteiger partial charge is 0.463 e. The molecule has 0 bridgehead atoms. The summed E-state index contributed by atoms with van der Waals surface area (Å²) < 4.78 is 36.8. The lowest BCUT2D eigenvalue weighted by Gasteiger charge is -2.35. The second-order valence-electron chi connectivity index (χ2n) is 9.79. The van der Waals surface area contributed by atoms with Gasteiger partial charge in [-0.15, -0.1) is 0 Å². The van der Waals surface area contributed by atoms with E-state index >= 15 is 0 Å². The summed E-state index contributed by atoms with van der Waals surface area (Å²) in [5.41, 5.74) is 1.54. The molecule has 4 heterocycles. The van der Waals surface area contributed by atoms with Crippen LogP contribution in [0.4, 0.5) is 4.39 Å². The van der Waals surface area contributed by atoms with Gasteiger partial charge in [0, 0.05) is 24.9 Å². The van der Waals surface area contributed by atoms with E-state index in [9.17, 15) is 9.18 Å². The molecule has 11 heteroatoms. The molecule has 0 radical (unpaired) electrons. The van der Waals surface area contributed by atoms with Crippen LogP contribution in [0.3, 0.4) is 0 Å². The van der Waals surface area contributed by atoms with Crippen LogP contribution in [0.25, 0.3) is 22.6 Å². The molecule has 1 atom stereocenters. The lowest BCUT2D eigenvalue weighted by molar-refractivity contribution is -0.231. The van der Waals surface area contributed by atoms with Gasteiger partial charge in [-0.05, 0) is 56.5 Å². The van der Waals surface area contributed by atoms with E-state index in [1.807, 2.05) is 13.8 Å². The monoisotopic (exact) mass is 525 g/mol. The Labute approximate surface area is 220 Å². The van der Waals surface area contributed by atoms with Crippen LogP contribution in [0.5, 0.6) is 6.01 Å². The number of aromatic nitrogens is 4. The second kappa shape index (κ2) is 11.5. The molecule has 2 saturated heterocycles. The highest BCUT2D eigenvalue weighted by Crippen LogP contribution is 2.35. The minimum absolute atomic E-state index is 0.0573. The van der Waals surface area contributed by atoms with Crippen molar-refractivity contribution in [3.63, 3.8) is 0 Å². The third-order valence-corrected chi connectivity index (χ3v) is 6.56. The van der Waals surface area contributed by atoms with Crippen LogP contribution in [0.2, 0.25) is 0 Å². The number of imidazole rings is 1. The molecular weight excluding hydrogens is 493 g/mol. The van der Waals surface area contributed by atoms with Crippen molar-refractivity contribution in [2.24, 2.45) is 5.41 Å². The number of H-pyrrole nitrogens is 1. The third kappa shape index (κ3) is 5.85. The van der Waals surface area contributed by atoms with Crippen LogP contribution in [0.15, 0.2) is 36.5 Å². The molecule has 2 aliphatic rings. The quantitative estimate of drug-likeness (QED) is 0.433. The zero-order chi connectivity index (χ0) is 26.5. The van der Waals surface area contributed by atoms with Crippen LogP contribution in [0.1, 0.15) is 45.2 Å². The molecule has 1 aromatic carbocycles. The molecular formula is C27H32FN5O5. The highest BCUT2D eigenvalue weighted by atomic mass is 19.1. The average Bonchev–Trinajstić information content (AvgIpc) is 3.62. The van der Waals surface area contributed by atoms with Crippen molar-refractivity contribution in [2.45, 2.75) is 45.5 Å². The SMILES string of the molecule is CCCOc1nccc(-c2[nH]c(C3OCC(C)(C(=O)NCC4CCCO4)CO3)nc2-c2ccc(F)cc2)n1. The maximum Gasteiger partial charge on any atom is 0.316 e. The van der Waals surface area contributed by atoms with E-state index in [1.54, 1.807) is 24.4 Å². The van der Waals surface area contributed by atoms with Gasteiger partial charge in [0.1, 0.15) is 5.82 Å². The fourth-order valence-electron chi connectivity index (χ4n) is 4.37. The number of rotatable bonds is 9. The number of carbonyl (C=O) groups is 1. The van der Waals surface area contributed by atoms with Crippen LogP contribution in [0, 0.1) is 11.2 Å². The molecule has 3 aromatic rings. The van der Waals surface area contributed by atoms with Gasteiger partial charge in [-0.25, -0.2) is 14.4 Å². The lowest BCUT2D eigenvalue weighted by atomic mass is 9.91. The Morgan fingerprint density at radius 1 is 1.18 bits per heavy atom. The number of nitrogens with zero attached hydrogens (tertiary/aromatic N) is 3. The summed E-state index contributed by atoms with van der Waals surface area (Å²) in [4.78, 5) is 29.6. The van der Waals surface area contributed by atoms with E-state index in [4.69, 9.17) is 23.9 Å². The number of nitrogens with one attached hydrogen (secondary N) is 2. The lowest BCUT2D eigenvalue weighted by Crippen LogP contribution is -2.49. The number of carbonyl (C=O) groups excluding carboxylic acids is 1. The number of halogens is 1. The van der Waals surface area contributed by atoms with Crippen LogP contribution >= 0.6 is 0 Å². The number of hydrogen-bond donors (Lipinski definition) is 2. The molecule has 2 N–H and O–H groups in total. The van der Waals surface area contributed by atoms with Gasteiger partial charge in [0.2, 0.25) is 12.2 Å². The number of benzene rings is 1. The van der Waals surface area contributed by atoms with Crippen molar-refractivity contribution in [2.75, 3.05) is 33.0 Å². The summed E-state index contributed by atoms with van der Waals surface area (Å²) in [6, 6.07) is 8.02. The minimum Gasteiger partial charge on any atom is -0.463 e. The number of ether oxygens (including phenoxy) is 4. The highest BCUT2D eigenvalue weighted by Gasteiger charge is 2.41. The molecule has 1 amide bonds. The van der Waals surface area contributed by atoms with Crippen molar-refractivity contribution in [3.05, 3.63) is 48.2 Å². The minimum atomic E-state index is -0.845. The van der Waals surface area contributed by atoms with Gasteiger partial charge in [0.25, 0.3) is 0 Å². The van der Waals surface area contributed by atoms with Gasteiger partial charge in [0.05, 0.1) is 48.4 Å². The first-order valence-corrected chi connectivity index (χ1v) is 12.9. The van der Waals surface area contributed by atoms with Gasteiger partial charge in [0.15, 0.2) is 5.82 Å². The van der Waals surface area contributed by atoms with E-state index in [-0.39, 0.29) is 37.1 Å². The summed E-state index contributed by atoms with van der Waals surface area (Å²) in [7, 11) is 0. The smallest absolute Gasteiger partial charge is 0.316 e. The normalized spacial score (nSPS) is 23.3. The van der Waals surface area contributed by atoms with Crippen LogP contribution < -0.4 is 10.1 Å². The Kier molecular flexibility index (Phi) is 7.96. The maximum atomic E-state index is 13.6. The highest BCUT2D eigenvalue weighted by molar-refractivity contribution is 5.82. The molecule has 10 nitrogen and oxygen atoms in total. The Bertz CT molecular complexity index is 1240. The molecule has 2 aliphatic heterocycles. The zero-order valence-electron chi connectivity index (χ0n) is 21.5. The predicted molar refractivity (Wildman–Crippen MR) is 136 cm³/mol. The number of amides is 1. The fourth-order valence-corrected chi connectivity index (χ4v) is 4.37. The third-order valence-electron chi connectivity index (χ3n) is 6.56. The number of hydrogen-bond acceptors (Lipinski definition) is 8. The zero-order valence-corrected chi connectivity index (χ0v) is 21.5. The molecule has 0 saturated carbocycles. The first-order chi connectivity index (χ1) is 18.4. The van der Waals surface area contributed by atoms with Crippen LogP contribution in [-0.2, 0) is 19.0 Å². The van der Waals surface area contributed by atoms with E-state index < -0.39 is 11.7 Å². The topological polar surface area (TPSA) is 120 Å². The van der Waals surface area contributed by atoms with Gasteiger partial charge in [-0.2, -0.15) is 4.98 Å². The van der Waals surface area contributed by atoms with E-state index in [2.05, 4.69) is 20.3 Å². The molecule has 2 aromatic heterocycles. The van der Waals surface area contributed by atoms with Gasteiger partial charge in [-0.1, -0.05) is 6.92 Å².